The minimum Gasteiger partial charge on any atom is -0.339 e. The van der Waals surface area contributed by atoms with Crippen molar-refractivity contribution in [2.75, 3.05) is 13.1 Å². The van der Waals surface area contributed by atoms with Crippen LogP contribution in [0.15, 0.2) is 73.6 Å². The summed E-state index contributed by atoms with van der Waals surface area (Å²) in [5, 5.41) is 0.905. The van der Waals surface area contributed by atoms with Crippen molar-refractivity contribution in [3.63, 3.8) is 0 Å². The number of nitrogens with zero attached hydrogens (tertiary/aromatic N) is 5. The molecule has 148 valence electrons. The fraction of sp³-hybridized carbons (Fsp3) is 0.208. The molecule has 4 heterocycles. The number of rotatable bonds is 3. The van der Waals surface area contributed by atoms with Crippen molar-refractivity contribution in [2.45, 2.75) is 18.8 Å². The number of benzene rings is 1. The standard InChI is InChI=1S/C24H21N5O/c30-24(20-3-1-5-22-19(20)4-2-10-27-22)29-13-8-18(9-14-29)23-21(15-26-16-28-23)17-6-11-25-12-7-17/h1-7,10-12,15-16,18H,8-9,13-14H2. The van der Waals surface area contributed by atoms with Gasteiger partial charge in [-0.3, -0.25) is 14.8 Å². The summed E-state index contributed by atoms with van der Waals surface area (Å²) < 4.78 is 0. The fourth-order valence-electron chi connectivity index (χ4n) is 4.23. The molecule has 0 unspecified atom stereocenters. The van der Waals surface area contributed by atoms with Crippen molar-refractivity contribution in [1.29, 1.82) is 0 Å². The number of aromatic nitrogens is 4. The Kier molecular flexibility index (Phi) is 4.89. The van der Waals surface area contributed by atoms with Gasteiger partial charge in [0, 0.05) is 60.3 Å². The Morgan fingerprint density at radius 3 is 2.57 bits per heavy atom. The Labute approximate surface area is 174 Å². The van der Waals surface area contributed by atoms with Crippen LogP contribution in [0.5, 0.6) is 0 Å². The molecule has 5 rings (SSSR count). The first-order chi connectivity index (χ1) is 14.8. The van der Waals surface area contributed by atoms with Gasteiger partial charge >= 0.3 is 0 Å². The predicted octanol–water partition coefficient (Wildman–Crippen LogP) is 4.11. The number of piperidine rings is 1. The molecule has 0 aliphatic carbocycles. The quantitative estimate of drug-likeness (QED) is 0.522. The normalized spacial score (nSPS) is 14.7. The van der Waals surface area contributed by atoms with Gasteiger partial charge in [0.1, 0.15) is 6.33 Å². The minimum atomic E-state index is 0.0732. The number of pyridine rings is 2. The molecule has 1 amide bonds. The van der Waals surface area contributed by atoms with Crippen LogP contribution in [0.3, 0.4) is 0 Å². The van der Waals surface area contributed by atoms with Crippen LogP contribution in [0.4, 0.5) is 0 Å². The van der Waals surface area contributed by atoms with Crippen LogP contribution in [0, 0.1) is 0 Å². The largest absolute Gasteiger partial charge is 0.339 e. The molecular formula is C24H21N5O. The third-order valence-electron chi connectivity index (χ3n) is 5.78. The summed E-state index contributed by atoms with van der Waals surface area (Å²) in [4.78, 5) is 32.5. The zero-order valence-corrected chi connectivity index (χ0v) is 16.5. The van der Waals surface area contributed by atoms with E-state index in [9.17, 15) is 4.79 Å². The van der Waals surface area contributed by atoms with Gasteiger partial charge in [-0.25, -0.2) is 9.97 Å². The summed E-state index contributed by atoms with van der Waals surface area (Å²) in [5.41, 5.74) is 4.74. The maximum atomic E-state index is 13.2. The van der Waals surface area contributed by atoms with Gasteiger partial charge < -0.3 is 4.90 Å². The van der Waals surface area contributed by atoms with Gasteiger partial charge in [-0.2, -0.15) is 0 Å². The number of carbonyl (C=O) groups is 1. The highest BCUT2D eigenvalue weighted by molar-refractivity contribution is 6.06. The van der Waals surface area contributed by atoms with Gasteiger partial charge in [-0.05, 0) is 48.7 Å². The number of carbonyl (C=O) groups excluding carboxylic acids is 1. The van der Waals surface area contributed by atoms with E-state index in [1.807, 2.05) is 53.6 Å². The number of hydrogen-bond acceptors (Lipinski definition) is 5. The molecule has 0 radical (unpaired) electrons. The summed E-state index contributed by atoms with van der Waals surface area (Å²) in [6, 6.07) is 13.5. The van der Waals surface area contributed by atoms with E-state index in [2.05, 4.69) is 19.9 Å². The Morgan fingerprint density at radius 1 is 0.900 bits per heavy atom. The van der Waals surface area contributed by atoms with Crippen LogP contribution in [0.25, 0.3) is 22.0 Å². The molecule has 1 aliphatic heterocycles. The molecular weight excluding hydrogens is 374 g/mol. The first-order valence-electron chi connectivity index (χ1n) is 10.1. The van der Waals surface area contributed by atoms with E-state index in [0.717, 1.165) is 46.1 Å². The maximum Gasteiger partial charge on any atom is 0.254 e. The molecule has 4 aromatic rings. The van der Waals surface area contributed by atoms with E-state index in [-0.39, 0.29) is 5.91 Å². The monoisotopic (exact) mass is 395 g/mol. The topological polar surface area (TPSA) is 71.9 Å². The molecule has 1 aromatic carbocycles. The third kappa shape index (κ3) is 3.41. The van der Waals surface area contributed by atoms with E-state index < -0.39 is 0 Å². The second-order valence-electron chi connectivity index (χ2n) is 7.50. The van der Waals surface area contributed by atoms with Crippen LogP contribution >= 0.6 is 0 Å². The van der Waals surface area contributed by atoms with E-state index in [1.54, 1.807) is 24.9 Å². The molecule has 0 N–H and O–H groups in total. The van der Waals surface area contributed by atoms with Crippen molar-refractivity contribution in [3.05, 3.63) is 84.8 Å². The number of likely N-dealkylation sites (tertiary alicyclic amines) is 1. The number of fused-ring (bicyclic) bond motifs is 1. The zero-order chi connectivity index (χ0) is 20.3. The van der Waals surface area contributed by atoms with Crippen LogP contribution in [-0.2, 0) is 0 Å². The van der Waals surface area contributed by atoms with Crippen LogP contribution < -0.4 is 0 Å². The molecule has 0 bridgehead atoms. The minimum absolute atomic E-state index is 0.0732. The highest BCUT2D eigenvalue weighted by atomic mass is 16.2. The first kappa shape index (κ1) is 18.4. The van der Waals surface area contributed by atoms with E-state index in [0.29, 0.717) is 19.0 Å². The fourth-order valence-corrected chi connectivity index (χ4v) is 4.23. The first-order valence-corrected chi connectivity index (χ1v) is 10.1. The summed E-state index contributed by atoms with van der Waals surface area (Å²) >= 11 is 0. The number of amides is 1. The van der Waals surface area contributed by atoms with Gasteiger partial charge in [0.2, 0.25) is 0 Å². The van der Waals surface area contributed by atoms with E-state index in [1.165, 1.54) is 0 Å². The lowest BCUT2D eigenvalue weighted by atomic mass is 9.89. The molecule has 3 aromatic heterocycles. The third-order valence-corrected chi connectivity index (χ3v) is 5.78. The van der Waals surface area contributed by atoms with Gasteiger partial charge in [-0.15, -0.1) is 0 Å². The second kappa shape index (κ2) is 7.99. The zero-order valence-electron chi connectivity index (χ0n) is 16.5. The average Bonchev–Trinajstić information content (AvgIpc) is 2.84. The predicted molar refractivity (Wildman–Crippen MR) is 115 cm³/mol. The Hall–Kier alpha value is -3.67. The molecule has 0 spiro atoms. The molecule has 0 atom stereocenters. The lowest BCUT2D eigenvalue weighted by Crippen LogP contribution is -2.38. The van der Waals surface area contributed by atoms with Gasteiger partial charge in [-0.1, -0.05) is 12.1 Å². The highest BCUT2D eigenvalue weighted by Gasteiger charge is 2.27. The van der Waals surface area contributed by atoms with Gasteiger partial charge in [0.05, 0.1) is 11.2 Å². The molecule has 6 heteroatoms. The lowest BCUT2D eigenvalue weighted by Gasteiger charge is -2.32. The summed E-state index contributed by atoms with van der Waals surface area (Å²) in [6.07, 6.45) is 10.6. The molecule has 0 saturated carbocycles. The molecule has 30 heavy (non-hydrogen) atoms. The van der Waals surface area contributed by atoms with Crippen molar-refractivity contribution < 1.29 is 4.79 Å². The lowest BCUT2D eigenvalue weighted by molar-refractivity contribution is 0.0714. The van der Waals surface area contributed by atoms with Crippen molar-refractivity contribution in [3.8, 4) is 11.1 Å². The summed E-state index contributed by atoms with van der Waals surface area (Å²) in [6.45, 7) is 1.42. The van der Waals surface area contributed by atoms with Crippen molar-refractivity contribution in [2.24, 2.45) is 0 Å². The SMILES string of the molecule is O=C(c1cccc2ncccc12)N1CCC(c2ncncc2-c2ccncc2)CC1. The molecule has 6 nitrogen and oxygen atoms in total. The van der Waals surface area contributed by atoms with E-state index in [4.69, 9.17) is 0 Å². The molecule has 1 fully saturated rings. The molecule has 1 saturated heterocycles. The Bertz CT molecular complexity index is 1180. The number of hydrogen-bond donors (Lipinski definition) is 0. The molecule has 1 aliphatic rings. The van der Waals surface area contributed by atoms with E-state index >= 15 is 0 Å². The Balaban J connectivity index is 1.36. The van der Waals surface area contributed by atoms with Gasteiger partial charge in [0.25, 0.3) is 5.91 Å². The summed E-state index contributed by atoms with van der Waals surface area (Å²) in [7, 11) is 0. The summed E-state index contributed by atoms with van der Waals surface area (Å²) in [5.74, 6) is 0.374. The maximum absolute atomic E-state index is 13.2. The second-order valence-corrected chi connectivity index (χ2v) is 7.50. The average molecular weight is 395 g/mol. The van der Waals surface area contributed by atoms with Crippen LogP contribution in [0.1, 0.15) is 34.8 Å². The van der Waals surface area contributed by atoms with Crippen molar-refractivity contribution >= 4 is 16.8 Å². The Morgan fingerprint density at radius 2 is 1.73 bits per heavy atom. The van der Waals surface area contributed by atoms with Gasteiger partial charge in [0.15, 0.2) is 0 Å². The highest BCUT2D eigenvalue weighted by Crippen LogP contribution is 2.33. The van der Waals surface area contributed by atoms with Crippen molar-refractivity contribution in [1.82, 2.24) is 24.8 Å². The van der Waals surface area contributed by atoms with Crippen LogP contribution in [0.2, 0.25) is 0 Å². The smallest absolute Gasteiger partial charge is 0.254 e. The van der Waals surface area contributed by atoms with Crippen LogP contribution in [-0.4, -0.2) is 43.8 Å².